The summed E-state index contributed by atoms with van der Waals surface area (Å²) in [6.45, 7) is 0. The first-order valence-corrected chi connectivity index (χ1v) is 5.60. The van der Waals surface area contributed by atoms with Crippen molar-refractivity contribution in [1.82, 2.24) is 25.2 Å². The van der Waals surface area contributed by atoms with Crippen LogP contribution in [0, 0.1) is 0 Å². The van der Waals surface area contributed by atoms with E-state index in [4.69, 9.17) is 15.3 Å². The normalized spacial score (nSPS) is 12.2. The molecule has 1 atom stereocenters. The van der Waals surface area contributed by atoms with Gasteiger partial charge in [0.1, 0.15) is 11.7 Å². The average Bonchev–Trinajstić information content (AvgIpc) is 2.86. The fourth-order valence-electron chi connectivity index (χ4n) is 1.70. The van der Waals surface area contributed by atoms with Crippen LogP contribution in [0.4, 0.5) is 0 Å². The number of nitrogens with one attached hydrogen (secondary N) is 1. The van der Waals surface area contributed by atoms with Crippen molar-refractivity contribution < 1.29 is 9.47 Å². The average molecular weight is 264 g/mol. The van der Waals surface area contributed by atoms with Gasteiger partial charge in [-0.2, -0.15) is 10.1 Å². The zero-order valence-electron chi connectivity index (χ0n) is 11.0. The minimum Gasteiger partial charge on any atom is -0.480 e. The van der Waals surface area contributed by atoms with Crippen molar-refractivity contribution in [3.63, 3.8) is 0 Å². The smallest absolute Gasteiger partial charge is 0.240 e. The summed E-state index contributed by atoms with van der Waals surface area (Å²) in [5.41, 5.74) is 3.93. The monoisotopic (exact) mass is 264 g/mol. The molecule has 0 fully saturated rings. The Labute approximate surface area is 110 Å². The lowest BCUT2D eigenvalue weighted by Gasteiger charge is -2.15. The number of aromatic nitrogens is 4. The van der Waals surface area contributed by atoms with Gasteiger partial charge in [0.05, 0.1) is 26.1 Å². The fraction of sp³-hybridized carbons (Fsp3) is 0.364. The van der Waals surface area contributed by atoms with Crippen LogP contribution in [-0.4, -0.2) is 34.0 Å². The molecule has 0 saturated heterocycles. The zero-order chi connectivity index (χ0) is 13.8. The maximum atomic E-state index is 5.59. The number of hydrazine groups is 1. The Morgan fingerprint density at radius 1 is 1.37 bits per heavy atom. The summed E-state index contributed by atoms with van der Waals surface area (Å²) in [6.07, 6.45) is 3.33. The standard InChI is InChI=1S/C11H16N6O2/c1-17-5-4-7(16-17)9(15-12)10-11(19-3)14-8(18-2)6-13-10/h4-6,9,15H,12H2,1-3H3. The molecule has 19 heavy (non-hydrogen) atoms. The molecule has 8 nitrogen and oxygen atoms in total. The molecule has 8 heteroatoms. The number of nitrogens with zero attached hydrogens (tertiary/aromatic N) is 4. The molecule has 2 aromatic rings. The van der Waals surface area contributed by atoms with E-state index in [0.29, 0.717) is 17.5 Å². The number of methoxy groups -OCH3 is 2. The summed E-state index contributed by atoms with van der Waals surface area (Å²) < 4.78 is 11.9. The Balaban J connectivity index is 2.43. The molecule has 0 aliphatic rings. The molecule has 0 amide bonds. The van der Waals surface area contributed by atoms with E-state index in [9.17, 15) is 0 Å². The van der Waals surface area contributed by atoms with Gasteiger partial charge < -0.3 is 9.47 Å². The van der Waals surface area contributed by atoms with Gasteiger partial charge in [-0.15, -0.1) is 0 Å². The second-order valence-corrected chi connectivity index (χ2v) is 3.82. The van der Waals surface area contributed by atoms with Gasteiger partial charge in [0.2, 0.25) is 11.8 Å². The van der Waals surface area contributed by atoms with E-state index >= 15 is 0 Å². The predicted octanol–water partition coefficient (Wildman–Crippen LogP) is -0.220. The van der Waals surface area contributed by atoms with Crippen molar-refractivity contribution in [3.8, 4) is 11.8 Å². The first kappa shape index (κ1) is 13.2. The minimum atomic E-state index is -0.408. The fourth-order valence-corrected chi connectivity index (χ4v) is 1.70. The third-order valence-electron chi connectivity index (χ3n) is 2.62. The van der Waals surface area contributed by atoms with E-state index in [-0.39, 0.29) is 0 Å². The lowest BCUT2D eigenvalue weighted by atomic mass is 10.1. The summed E-state index contributed by atoms with van der Waals surface area (Å²) >= 11 is 0. The molecule has 0 saturated carbocycles. The largest absolute Gasteiger partial charge is 0.480 e. The van der Waals surface area contributed by atoms with Crippen molar-refractivity contribution in [2.75, 3.05) is 14.2 Å². The quantitative estimate of drug-likeness (QED) is 0.568. The Hall–Kier alpha value is -2.19. The lowest BCUT2D eigenvalue weighted by molar-refractivity contribution is 0.352. The molecule has 2 rings (SSSR count). The Bertz CT molecular complexity index is 556. The Kier molecular flexibility index (Phi) is 3.93. The van der Waals surface area contributed by atoms with Crippen LogP contribution in [0.15, 0.2) is 18.5 Å². The van der Waals surface area contributed by atoms with Crippen LogP contribution in [0.3, 0.4) is 0 Å². The van der Waals surface area contributed by atoms with Crippen LogP contribution in [0.2, 0.25) is 0 Å². The molecular formula is C11H16N6O2. The molecule has 1 unspecified atom stereocenters. The highest BCUT2D eigenvalue weighted by atomic mass is 16.5. The molecule has 0 bridgehead atoms. The zero-order valence-corrected chi connectivity index (χ0v) is 11.0. The molecule has 0 aliphatic heterocycles. The van der Waals surface area contributed by atoms with Gasteiger partial charge in [-0.25, -0.2) is 10.4 Å². The van der Waals surface area contributed by atoms with E-state index in [2.05, 4.69) is 20.5 Å². The first-order chi connectivity index (χ1) is 9.19. The third-order valence-corrected chi connectivity index (χ3v) is 2.62. The predicted molar refractivity (Wildman–Crippen MR) is 67.5 cm³/mol. The van der Waals surface area contributed by atoms with Crippen molar-refractivity contribution >= 4 is 0 Å². The van der Waals surface area contributed by atoms with E-state index in [0.717, 1.165) is 5.69 Å². The molecule has 0 aliphatic carbocycles. The van der Waals surface area contributed by atoms with Crippen LogP contribution in [-0.2, 0) is 7.05 Å². The third kappa shape index (κ3) is 2.64. The van der Waals surface area contributed by atoms with Crippen LogP contribution in [0.1, 0.15) is 17.4 Å². The number of rotatable bonds is 5. The molecule has 102 valence electrons. The summed E-state index contributed by atoms with van der Waals surface area (Å²) in [5.74, 6) is 6.30. The van der Waals surface area contributed by atoms with Crippen molar-refractivity contribution in [1.29, 1.82) is 0 Å². The first-order valence-electron chi connectivity index (χ1n) is 5.60. The highest BCUT2D eigenvalue weighted by Gasteiger charge is 2.22. The SMILES string of the molecule is COc1cnc(C(NN)c2ccn(C)n2)c(OC)n1. The molecule has 2 aromatic heterocycles. The van der Waals surface area contributed by atoms with Gasteiger partial charge in [0.15, 0.2) is 0 Å². The number of hydrogen-bond acceptors (Lipinski definition) is 7. The topological polar surface area (TPSA) is 100 Å². The second-order valence-electron chi connectivity index (χ2n) is 3.82. The lowest BCUT2D eigenvalue weighted by Crippen LogP contribution is -2.30. The summed E-state index contributed by atoms with van der Waals surface area (Å²) in [7, 11) is 4.85. The number of ether oxygens (including phenoxy) is 2. The highest BCUT2D eigenvalue weighted by Crippen LogP contribution is 2.26. The van der Waals surface area contributed by atoms with E-state index in [1.54, 1.807) is 4.68 Å². The maximum Gasteiger partial charge on any atom is 0.240 e. The van der Waals surface area contributed by atoms with Crippen LogP contribution >= 0.6 is 0 Å². The molecular weight excluding hydrogens is 248 g/mol. The van der Waals surface area contributed by atoms with Gasteiger partial charge in [-0.1, -0.05) is 0 Å². The summed E-state index contributed by atoms with van der Waals surface area (Å²) in [5, 5.41) is 4.30. The van der Waals surface area contributed by atoms with Crippen LogP contribution in [0.25, 0.3) is 0 Å². The maximum absolute atomic E-state index is 5.59. The summed E-state index contributed by atoms with van der Waals surface area (Å²) in [6, 6.07) is 1.44. The number of aryl methyl sites for hydroxylation is 1. The van der Waals surface area contributed by atoms with Crippen LogP contribution in [0.5, 0.6) is 11.8 Å². The Morgan fingerprint density at radius 3 is 2.68 bits per heavy atom. The van der Waals surface area contributed by atoms with Crippen molar-refractivity contribution in [3.05, 3.63) is 29.8 Å². The highest BCUT2D eigenvalue weighted by molar-refractivity contribution is 5.31. The molecule has 0 spiro atoms. The Morgan fingerprint density at radius 2 is 2.16 bits per heavy atom. The van der Waals surface area contributed by atoms with Gasteiger partial charge in [0, 0.05) is 13.2 Å². The van der Waals surface area contributed by atoms with Gasteiger partial charge in [0.25, 0.3) is 0 Å². The molecule has 3 N–H and O–H groups in total. The van der Waals surface area contributed by atoms with Gasteiger partial charge in [-0.3, -0.25) is 10.5 Å². The summed E-state index contributed by atoms with van der Waals surface area (Å²) in [4.78, 5) is 8.45. The second kappa shape index (κ2) is 5.63. The molecule has 0 aromatic carbocycles. The van der Waals surface area contributed by atoms with Gasteiger partial charge >= 0.3 is 0 Å². The van der Waals surface area contributed by atoms with Crippen molar-refractivity contribution in [2.45, 2.75) is 6.04 Å². The van der Waals surface area contributed by atoms with E-state index < -0.39 is 6.04 Å². The van der Waals surface area contributed by atoms with Crippen LogP contribution < -0.4 is 20.7 Å². The van der Waals surface area contributed by atoms with Crippen molar-refractivity contribution in [2.24, 2.45) is 12.9 Å². The minimum absolute atomic E-state index is 0.341. The number of hydrogen-bond donors (Lipinski definition) is 2. The number of nitrogens with two attached hydrogens (primary N) is 1. The van der Waals surface area contributed by atoms with E-state index in [1.807, 2.05) is 19.3 Å². The molecule has 0 radical (unpaired) electrons. The van der Waals surface area contributed by atoms with E-state index in [1.165, 1.54) is 20.4 Å². The molecule has 2 heterocycles. The van der Waals surface area contributed by atoms with Gasteiger partial charge in [-0.05, 0) is 6.07 Å².